The molecule has 10 heteroatoms. The van der Waals surface area contributed by atoms with E-state index in [1.54, 1.807) is 0 Å². The summed E-state index contributed by atoms with van der Waals surface area (Å²) in [6, 6.07) is 0. The van der Waals surface area contributed by atoms with E-state index in [4.69, 9.17) is 32.5 Å². The molecular weight excluding hydrogens is 234 g/mol. The fraction of sp³-hybridized carbons (Fsp3) is 0. The van der Waals surface area contributed by atoms with Crippen LogP contribution in [0.5, 0.6) is 11.5 Å². The van der Waals surface area contributed by atoms with E-state index in [0.717, 1.165) is 0 Å². The maximum atomic E-state index is 10.3. The molecule has 0 amide bonds. The second-order valence-electron chi connectivity index (χ2n) is 2.64. The molecule has 0 aliphatic rings. The molecule has 0 bridgehead atoms. The number of nitrogens with two attached hydrogens (primary N) is 2. The van der Waals surface area contributed by atoms with Crippen LogP contribution in [0.1, 0.15) is 0 Å². The summed E-state index contributed by atoms with van der Waals surface area (Å²) >= 11 is 0. The number of rotatable bonds is 0. The van der Waals surface area contributed by atoms with Gasteiger partial charge in [-0.1, -0.05) is 0 Å². The zero-order valence-electron chi connectivity index (χ0n) is 8.27. The smallest absolute Gasteiger partial charge is 0.280 e. The molecule has 0 aromatic heterocycles. The first-order valence-corrected chi connectivity index (χ1v) is 3.89. The standard InChI is InChI=1S/C5H2O5.C2H7N5/c6-1-2(7)4(9)5(10)3(1)8;3-1(4)7-2(5)6/h6-7H;(H7,3,4,5,6,7). The van der Waals surface area contributed by atoms with E-state index in [2.05, 4.69) is 0 Å². The zero-order valence-corrected chi connectivity index (χ0v) is 8.27. The van der Waals surface area contributed by atoms with Crippen LogP contribution in [-0.2, 0) is 0 Å². The van der Waals surface area contributed by atoms with Crippen LogP contribution in [0.25, 0.3) is 0 Å². The van der Waals surface area contributed by atoms with Crippen molar-refractivity contribution in [3.8, 4) is 11.5 Å². The maximum Gasteiger partial charge on any atom is 0.280 e. The van der Waals surface area contributed by atoms with Gasteiger partial charge in [-0.15, -0.1) is 0 Å². The Morgan fingerprint density at radius 3 is 1.24 bits per heavy atom. The van der Waals surface area contributed by atoms with E-state index in [1.165, 1.54) is 0 Å². The average Bonchev–Trinajstić information content (AvgIpc) is 2.35. The quantitative estimate of drug-likeness (QED) is 0.137. The van der Waals surface area contributed by atoms with Gasteiger partial charge in [0.25, 0.3) is 16.3 Å². The Hall–Kier alpha value is -2.91. The van der Waals surface area contributed by atoms with Crippen LogP contribution < -0.4 is 33.1 Å². The van der Waals surface area contributed by atoms with Gasteiger partial charge < -0.3 is 21.7 Å². The van der Waals surface area contributed by atoms with Gasteiger partial charge in [-0.05, 0) is 0 Å². The van der Waals surface area contributed by atoms with E-state index in [1.807, 2.05) is 5.32 Å². The van der Waals surface area contributed by atoms with Crippen molar-refractivity contribution in [2.45, 2.75) is 0 Å². The molecule has 1 aromatic carbocycles. The van der Waals surface area contributed by atoms with Crippen molar-refractivity contribution < 1.29 is 10.2 Å². The summed E-state index contributed by atoms with van der Waals surface area (Å²) in [5.74, 6) is -2.94. The average molecular weight is 243 g/mol. The third-order valence-corrected chi connectivity index (χ3v) is 1.34. The largest absolute Gasteiger partial charge is 0.501 e. The third kappa shape index (κ3) is 3.62. The van der Waals surface area contributed by atoms with E-state index in [9.17, 15) is 14.4 Å². The van der Waals surface area contributed by atoms with Gasteiger partial charge in [0.05, 0.1) is 0 Å². The Morgan fingerprint density at radius 2 is 1.18 bits per heavy atom. The predicted molar refractivity (Wildman–Crippen MR) is 57.9 cm³/mol. The molecular formula is C7H9N5O5. The summed E-state index contributed by atoms with van der Waals surface area (Å²) in [6.07, 6.45) is 0. The number of hydrogen-bond donors (Lipinski definition) is 7. The van der Waals surface area contributed by atoms with Crippen LogP contribution in [0.4, 0.5) is 0 Å². The third-order valence-electron chi connectivity index (χ3n) is 1.34. The van der Waals surface area contributed by atoms with E-state index < -0.39 is 27.8 Å². The highest BCUT2D eigenvalue weighted by molar-refractivity contribution is 5.93. The van der Waals surface area contributed by atoms with Gasteiger partial charge in [-0.25, -0.2) is 0 Å². The molecule has 9 N–H and O–H groups in total. The number of hydrogen-bond acceptors (Lipinski definition) is 7. The summed E-state index contributed by atoms with van der Waals surface area (Å²) in [7, 11) is 0. The summed E-state index contributed by atoms with van der Waals surface area (Å²) < 4.78 is 0. The molecule has 1 aromatic rings. The Bertz CT molecular complexity index is 537. The Balaban J connectivity index is 0.000000325. The van der Waals surface area contributed by atoms with Gasteiger partial charge in [0.15, 0.2) is 11.9 Å². The highest BCUT2D eigenvalue weighted by atomic mass is 16.3. The molecule has 0 atom stereocenters. The molecule has 0 unspecified atom stereocenters. The van der Waals surface area contributed by atoms with Crippen molar-refractivity contribution in [2.75, 3.05) is 0 Å². The highest BCUT2D eigenvalue weighted by Gasteiger charge is 2.16. The molecule has 0 saturated carbocycles. The Kier molecular flexibility index (Phi) is 4.35. The topological polar surface area (TPSA) is 203 Å². The lowest BCUT2D eigenvalue weighted by Gasteiger charge is -1.95. The number of nitrogens with one attached hydrogen (secondary N) is 3. The van der Waals surface area contributed by atoms with Gasteiger partial charge in [0, 0.05) is 0 Å². The summed E-state index contributed by atoms with van der Waals surface area (Å²) in [5.41, 5.74) is 5.41. The summed E-state index contributed by atoms with van der Waals surface area (Å²) in [5, 5.41) is 31.9. The van der Waals surface area contributed by atoms with Crippen molar-refractivity contribution >= 4 is 11.9 Å². The van der Waals surface area contributed by atoms with Crippen molar-refractivity contribution in [3.05, 3.63) is 30.7 Å². The molecule has 0 aliphatic heterocycles. The van der Waals surface area contributed by atoms with Crippen LogP contribution in [0.3, 0.4) is 0 Å². The predicted octanol–water partition coefficient (Wildman–Crippen LogP) is -3.58. The molecule has 0 spiro atoms. The van der Waals surface area contributed by atoms with Gasteiger partial charge in [0.1, 0.15) is 0 Å². The van der Waals surface area contributed by atoms with E-state index in [-0.39, 0.29) is 11.9 Å². The highest BCUT2D eigenvalue weighted by Crippen LogP contribution is 2.09. The van der Waals surface area contributed by atoms with Gasteiger partial charge in [0.2, 0.25) is 11.5 Å². The molecule has 17 heavy (non-hydrogen) atoms. The zero-order chi connectivity index (χ0) is 13.7. The molecule has 92 valence electrons. The lowest BCUT2D eigenvalue weighted by molar-refractivity contribution is 0.402. The van der Waals surface area contributed by atoms with Crippen molar-refractivity contribution in [2.24, 2.45) is 11.5 Å². The monoisotopic (exact) mass is 243 g/mol. The first kappa shape index (κ1) is 14.1. The van der Waals surface area contributed by atoms with Crippen molar-refractivity contribution in [1.82, 2.24) is 5.32 Å². The molecule has 10 nitrogen and oxygen atoms in total. The van der Waals surface area contributed by atoms with Crippen LogP contribution in [0.2, 0.25) is 0 Å². The minimum absolute atomic E-state index is 0.312. The Labute approximate surface area is 92.8 Å². The second kappa shape index (κ2) is 5.25. The van der Waals surface area contributed by atoms with Gasteiger partial charge in [-0.3, -0.25) is 30.5 Å². The molecule has 0 saturated heterocycles. The first-order chi connectivity index (χ1) is 7.68. The maximum absolute atomic E-state index is 10.3. The fourth-order valence-corrected chi connectivity index (χ4v) is 0.678. The normalized spacial score (nSPS) is 8.94. The molecule has 0 fully saturated rings. The van der Waals surface area contributed by atoms with Gasteiger partial charge in [-0.2, -0.15) is 0 Å². The number of guanidine groups is 2. The molecule has 1 rings (SSSR count). The minimum atomic E-state index is -1.39. The Morgan fingerprint density at radius 1 is 0.882 bits per heavy atom. The van der Waals surface area contributed by atoms with Crippen molar-refractivity contribution in [3.63, 3.8) is 0 Å². The summed E-state index contributed by atoms with van der Waals surface area (Å²) in [6.45, 7) is 0. The van der Waals surface area contributed by atoms with Crippen LogP contribution >= 0.6 is 0 Å². The lowest BCUT2D eigenvalue weighted by atomic mass is 10.5. The van der Waals surface area contributed by atoms with Crippen LogP contribution in [0, 0.1) is 10.8 Å². The molecule has 0 aliphatic carbocycles. The fourth-order valence-electron chi connectivity index (χ4n) is 0.678. The second-order valence-corrected chi connectivity index (χ2v) is 2.64. The van der Waals surface area contributed by atoms with E-state index >= 15 is 0 Å². The summed E-state index contributed by atoms with van der Waals surface area (Å²) in [4.78, 5) is 30.8. The van der Waals surface area contributed by atoms with Crippen LogP contribution in [-0.4, -0.2) is 22.1 Å². The van der Waals surface area contributed by atoms with E-state index in [0.29, 0.717) is 0 Å². The van der Waals surface area contributed by atoms with Crippen LogP contribution in [0.15, 0.2) is 14.4 Å². The molecule has 0 radical (unpaired) electrons. The first-order valence-electron chi connectivity index (χ1n) is 3.89. The molecule has 0 heterocycles. The minimum Gasteiger partial charge on any atom is -0.501 e. The van der Waals surface area contributed by atoms with Crippen molar-refractivity contribution in [1.29, 1.82) is 10.8 Å². The lowest BCUT2D eigenvalue weighted by Crippen LogP contribution is -2.39. The SMILES string of the molecule is N=C(N)NC(=N)N.O=c1c(O)c(O)c(=O)c1=O. The van der Waals surface area contributed by atoms with Gasteiger partial charge >= 0.3 is 0 Å². The number of aromatic hydroxyl groups is 2.